The van der Waals surface area contributed by atoms with Crippen molar-refractivity contribution in [2.24, 2.45) is 11.3 Å². The van der Waals surface area contributed by atoms with Crippen molar-refractivity contribution in [3.05, 3.63) is 0 Å². The SMILES string of the molecule is CC(C)CC1(C)CN(C(=O)CCCCCN2CCNC(=O)C2)C1. The Morgan fingerprint density at radius 1 is 1.26 bits per heavy atom. The minimum atomic E-state index is 0.133. The zero-order chi connectivity index (χ0) is 16.9. The van der Waals surface area contributed by atoms with Crippen LogP contribution in [0.5, 0.6) is 0 Å². The number of carbonyl (C=O) groups excluding carboxylic acids is 2. The number of hydrogen-bond donors (Lipinski definition) is 1. The Bertz CT molecular complexity index is 416. The van der Waals surface area contributed by atoms with E-state index in [0.717, 1.165) is 52.0 Å². The quantitative estimate of drug-likeness (QED) is 0.694. The first-order valence-corrected chi connectivity index (χ1v) is 9.15. The van der Waals surface area contributed by atoms with Crippen molar-refractivity contribution in [3.63, 3.8) is 0 Å². The summed E-state index contributed by atoms with van der Waals surface area (Å²) in [6.07, 6.45) is 5.00. The van der Waals surface area contributed by atoms with Crippen LogP contribution < -0.4 is 5.32 Å². The Labute approximate surface area is 140 Å². The Morgan fingerprint density at radius 3 is 2.65 bits per heavy atom. The minimum absolute atomic E-state index is 0.133. The topological polar surface area (TPSA) is 52.7 Å². The third-order valence-corrected chi connectivity index (χ3v) is 4.88. The second-order valence-corrected chi connectivity index (χ2v) is 8.10. The van der Waals surface area contributed by atoms with Crippen molar-refractivity contribution in [3.8, 4) is 0 Å². The summed E-state index contributed by atoms with van der Waals surface area (Å²) in [6.45, 7) is 11.9. The molecule has 2 aliphatic rings. The van der Waals surface area contributed by atoms with E-state index in [9.17, 15) is 9.59 Å². The number of unbranched alkanes of at least 4 members (excludes halogenated alkanes) is 2. The lowest BCUT2D eigenvalue weighted by atomic mass is 9.75. The van der Waals surface area contributed by atoms with Crippen molar-refractivity contribution in [2.45, 2.75) is 52.9 Å². The summed E-state index contributed by atoms with van der Waals surface area (Å²) in [5.74, 6) is 1.16. The van der Waals surface area contributed by atoms with Gasteiger partial charge in [0, 0.05) is 38.0 Å². The molecule has 2 heterocycles. The molecule has 0 unspecified atom stereocenters. The first-order valence-electron chi connectivity index (χ1n) is 9.15. The molecule has 2 saturated heterocycles. The highest BCUT2D eigenvalue weighted by molar-refractivity contribution is 5.78. The average molecular weight is 323 g/mol. The number of carbonyl (C=O) groups is 2. The number of nitrogens with zero attached hydrogens (tertiary/aromatic N) is 2. The molecule has 5 heteroatoms. The normalized spacial score (nSPS) is 21.2. The zero-order valence-corrected chi connectivity index (χ0v) is 15.1. The fourth-order valence-electron chi connectivity index (χ4n) is 4.00. The summed E-state index contributed by atoms with van der Waals surface area (Å²) in [5.41, 5.74) is 0.346. The van der Waals surface area contributed by atoms with Gasteiger partial charge in [0.15, 0.2) is 0 Å². The van der Waals surface area contributed by atoms with E-state index in [2.05, 4.69) is 31.0 Å². The molecule has 0 bridgehead atoms. The predicted octanol–water partition coefficient (Wildman–Crippen LogP) is 1.87. The molecule has 1 N–H and O–H groups in total. The van der Waals surface area contributed by atoms with Crippen molar-refractivity contribution >= 4 is 11.8 Å². The standard InChI is InChI=1S/C18H33N3O2/c1-15(2)11-18(3)13-21(14-18)17(23)7-5-4-6-9-20-10-8-19-16(22)12-20/h15H,4-14H2,1-3H3,(H,19,22). The third kappa shape index (κ3) is 5.79. The number of likely N-dealkylation sites (tertiary alicyclic amines) is 1. The molecule has 2 rings (SSSR count). The molecule has 0 atom stereocenters. The lowest BCUT2D eigenvalue weighted by molar-refractivity contribution is -0.143. The maximum absolute atomic E-state index is 12.2. The number of rotatable bonds is 8. The van der Waals surface area contributed by atoms with E-state index < -0.39 is 0 Å². The van der Waals surface area contributed by atoms with E-state index in [4.69, 9.17) is 0 Å². The third-order valence-electron chi connectivity index (χ3n) is 4.88. The van der Waals surface area contributed by atoms with Crippen molar-refractivity contribution in [1.82, 2.24) is 15.1 Å². The van der Waals surface area contributed by atoms with Gasteiger partial charge in [-0.2, -0.15) is 0 Å². The van der Waals surface area contributed by atoms with Crippen molar-refractivity contribution < 1.29 is 9.59 Å². The molecule has 0 aliphatic carbocycles. The van der Waals surface area contributed by atoms with Gasteiger partial charge in [-0.15, -0.1) is 0 Å². The molecular formula is C18H33N3O2. The lowest BCUT2D eigenvalue weighted by Crippen LogP contribution is -2.57. The van der Waals surface area contributed by atoms with Gasteiger partial charge in [0.1, 0.15) is 0 Å². The molecule has 0 aromatic rings. The van der Waals surface area contributed by atoms with E-state index in [1.807, 2.05) is 4.90 Å². The fraction of sp³-hybridized carbons (Fsp3) is 0.889. The van der Waals surface area contributed by atoms with Gasteiger partial charge in [-0.3, -0.25) is 14.5 Å². The van der Waals surface area contributed by atoms with Crippen LogP contribution in [0.1, 0.15) is 52.9 Å². The van der Waals surface area contributed by atoms with Gasteiger partial charge < -0.3 is 10.2 Å². The fourth-order valence-corrected chi connectivity index (χ4v) is 4.00. The second kappa shape index (κ2) is 8.13. The Balaban J connectivity index is 1.52. The smallest absolute Gasteiger partial charge is 0.234 e. The maximum atomic E-state index is 12.2. The molecule has 2 fully saturated rings. The van der Waals surface area contributed by atoms with Crippen LogP contribution in [0.15, 0.2) is 0 Å². The lowest BCUT2D eigenvalue weighted by Gasteiger charge is -2.49. The minimum Gasteiger partial charge on any atom is -0.354 e. The van der Waals surface area contributed by atoms with Crippen molar-refractivity contribution in [2.75, 3.05) is 39.3 Å². The highest BCUT2D eigenvalue weighted by Gasteiger charge is 2.40. The van der Waals surface area contributed by atoms with Crippen LogP contribution in [0.25, 0.3) is 0 Å². The summed E-state index contributed by atoms with van der Waals surface area (Å²) >= 11 is 0. The predicted molar refractivity (Wildman–Crippen MR) is 92.1 cm³/mol. The van der Waals surface area contributed by atoms with E-state index in [0.29, 0.717) is 30.2 Å². The number of amides is 2. The molecule has 0 aromatic heterocycles. The molecule has 5 nitrogen and oxygen atoms in total. The monoisotopic (exact) mass is 323 g/mol. The van der Waals surface area contributed by atoms with Gasteiger partial charge in [-0.05, 0) is 31.7 Å². The molecule has 2 aliphatic heterocycles. The Hall–Kier alpha value is -1.10. The summed E-state index contributed by atoms with van der Waals surface area (Å²) in [6, 6.07) is 0. The summed E-state index contributed by atoms with van der Waals surface area (Å²) in [5, 5.41) is 2.84. The van der Waals surface area contributed by atoms with Gasteiger partial charge in [-0.25, -0.2) is 0 Å². The first kappa shape index (κ1) is 18.2. The van der Waals surface area contributed by atoms with Gasteiger partial charge in [-0.1, -0.05) is 27.2 Å². The van der Waals surface area contributed by atoms with E-state index in [1.54, 1.807) is 0 Å². The van der Waals surface area contributed by atoms with Crippen LogP contribution in [0.2, 0.25) is 0 Å². The van der Waals surface area contributed by atoms with E-state index in [1.165, 1.54) is 6.42 Å². The van der Waals surface area contributed by atoms with E-state index >= 15 is 0 Å². The number of piperazine rings is 1. The van der Waals surface area contributed by atoms with Crippen LogP contribution >= 0.6 is 0 Å². The molecule has 0 spiro atoms. The largest absolute Gasteiger partial charge is 0.354 e. The summed E-state index contributed by atoms with van der Waals surface area (Å²) < 4.78 is 0. The number of nitrogens with one attached hydrogen (secondary N) is 1. The highest BCUT2D eigenvalue weighted by Crippen LogP contribution is 2.36. The van der Waals surface area contributed by atoms with Crippen LogP contribution in [0, 0.1) is 11.3 Å². The second-order valence-electron chi connectivity index (χ2n) is 8.10. The molecular weight excluding hydrogens is 290 g/mol. The molecule has 23 heavy (non-hydrogen) atoms. The number of hydrogen-bond acceptors (Lipinski definition) is 3. The van der Waals surface area contributed by atoms with E-state index in [-0.39, 0.29) is 5.91 Å². The Morgan fingerprint density at radius 2 is 2.00 bits per heavy atom. The highest BCUT2D eigenvalue weighted by atomic mass is 16.2. The van der Waals surface area contributed by atoms with Gasteiger partial charge in [0.2, 0.25) is 11.8 Å². The molecule has 132 valence electrons. The summed E-state index contributed by atoms with van der Waals surface area (Å²) in [4.78, 5) is 27.7. The summed E-state index contributed by atoms with van der Waals surface area (Å²) in [7, 11) is 0. The van der Waals surface area contributed by atoms with Gasteiger partial charge in [0.25, 0.3) is 0 Å². The van der Waals surface area contributed by atoms with Crippen LogP contribution in [0.4, 0.5) is 0 Å². The Kier molecular flexibility index (Phi) is 6.45. The van der Waals surface area contributed by atoms with Crippen LogP contribution in [0.3, 0.4) is 0 Å². The van der Waals surface area contributed by atoms with Gasteiger partial charge in [0.05, 0.1) is 6.54 Å². The van der Waals surface area contributed by atoms with Crippen molar-refractivity contribution in [1.29, 1.82) is 0 Å². The molecule has 2 amide bonds. The molecule has 0 saturated carbocycles. The maximum Gasteiger partial charge on any atom is 0.234 e. The molecule has 0 aromatic carbocycles. The van der Waals surface area contributed by atoms with Crippen LogP contribution in [-0.4, -0.2) is 60.9 Å². The van der Waals surface area contributed by atoms with Gasteiger partial charge >= 0.3 is 0 Å². The molecule has 0 radical (unpaired) electrons. The zero-order valence-electron chi connectivity index (χ0n) is 15.1. The first-order chi connectivity index (χ1) is 10.9. The average Bonchev–Trinajstić information content (AvgIpc) is 2.43. The van der Waals surface area contributed by atoms with Crippen LogP contribution in [-0.2, 0) is 9.59 Å².